The maximum atomic E-state index is 11.9. The summed E-state index contributed by atoms with van der Waals surface area (Å²) in [5, 5.41) is 10.7. The second-order valence-corrected chi connectivity index (χ2v) is 7.06. The first-order valence-corrected chi connectivity index (χ1v) is 7.79. The van der Waals surface area contributed by atoms with Gasteiger partial charge in [0.1, 0.15) is 0 Å². The number of rotatable bonds is 3. The molecule has 2 aliphatic carbocycles. The molecule has 3 rings (SSSR count). The molecule has 108 valence electrons. The van der Waals surface area contributed by atoms with Crippen molar-refractivity contribution < 1.29 is 9.90 Å². The molecule has 0 aromatic heterocycles. The summed E-state index contributed by atoms with van der Waals surface area (Å²) >= 11 is 0. The molecule has 0 aromatic carbocycles. The second-order valence-electron chi connectivity index (χ2n) is 7.06. The molecule has 3 fully saturated rings. The van der Waals surface area contributed by atoms with Crippen LogP contribution < -0.4 is 5.73 Å². The molecule has 0 radical (unpaired) electrons. The summed E-state index contributed by atoms with van der Waals surface area (Å²) in [6.45, 7) is 2.46. The van der Waals surface area contributed by atoms with Gasteiger partial charge in [0.2, 0.25) is 5.91 Å². The molecule has 1 heterocycles. The third-order valence-corrected chi connectivity index (χ3v) is 5.73. The Kier molecular flexibility index (Phi) is 3.34. The third kappa shape index (κ3) is 2.29. The number of hydrogen-bond acceptors (Lipinski definition) is 3. The molecule has 4 heteroatoms. The number of carbonyl (C=O) groups excluding carboxylic acids is 1. The largest absolute Gasteiger partial charge is 0.389 e. The SMILES string of the molecule is NC(=O)[C@]12CCC[C@H]1CN(CC1(O)CCCCC1)C2. The minimum atomic E-state index is -0.518. The molecule has 0 unspecified atom stereocenters. The van der Waals surface area contributed by atoms with Gasteiger partial charge in [-0.15, -0.1) is 0 Å². The van der Waals surface area contributed by atoms with Crippen LogP contribution in [-0.4, -0.2) is 41.1 Å². The first kappa shape index (κ1) is 13.4. The van der Waals surface area contributed by atoms with Crippen LogP contribution in [-0.2, 0) is 4.79 Å². The van der Waals surface area contributed by atoms with Crippen molar-refractivity contribution in [3.05, 3.63) is 0 Å². The minimum Gasteiger partial charge on any atom is -0.389 e. The topological polar surface area (TPSA) is 66.6 Å². The lowest BCUT2D eigenvalue weighted by atomic mass is 9.80. The predicted octanol–water partition coefficient (Wildman–Crippen LogP) is 1.27. The summed E-state index contributed by atoms with van der Waals surface area (Å²) in [6.07, 6.45) is 8.54. The molecule has 19 heavy (non-hydrogen) atoms. The van der Waals surface area contributed by atoms with E-state index in [0.717, 1.165) is 64.6 Å². The summed E-state index contributed by atoms with van der Waals surface area (Å²) in [4.78, 5) is 14.2. The first-order valence-electron chi connectivity index (χ1n) is 7.79. The monoisotopic (exact) mass is 266 g/mol. The van der Waals surface area contributed by atoms with E-state index < -0.39 is 5.60 Å². The van der Waals surface area contributed by atoms with Crippen molar-refractivity contribution in [1.82, 2.24) is 4.90 Å². The van der Waals surface area contributed by atoms with Gasteiger partial charge in [0.15, 0.2) is 0 Å². The highest BCUT2D eigenvalue weighted by Crippen LogP contribution is 2.49. The van der Waals surface area contributed by atoms with Crippen LogP contribution in [0.25, 0.3) is 0 Å². The van der Waals surface area contributed by atoms with Crippen LogP contribution in [0.4, 0.5) is 0 Å². The van der Waals surface area contributed by atoms with E-state index >= 15 is 0 Å². The summed E-state index contributed by atoms with van der Waals surface area (Å²) in [5.74, 6) is 0.310. The van der Waals surface area contributed by atoms with E-state index in [-0.39, 0.29) is 11.3 Å². The van der Waals surface area contributed by atoms with Crippen LogP contribution in [0.5, 0.6) is 0 Å². The van der Waals surface area contributed by atoms with E-state index in [1.807, 2.05) is 0 Å². The molecule has 3 N–H and O–H groups in total. The number of fused-ring (bicyclic) bond motifs is 1. The molecule has 1 aliphatic heterocycles. The maximum Gasteiger partial charge on any atom is 0.225 e. The predicted molar refractivity (Wildman–Crippen MR) is 73.4 cm³/mol. The van der Waals surface area contributed by atoms with Gasteiger partial charge in [-0.3, -0.25) is 9.69 Å². The van der Waals surface area contributed by atoms with Gasteiger partial charge in [0.25, 0.3) is 0 Å². The van der Waals surface area contributed by atoms with E-state index in [2.05, 4.69) is 4.90 Å². The van der Waals surface area contributed by atoms with Crippen molar-refractivity contribution >= 4 is 5.91 Å². The Morgan fingerprint density at radius 3 is 2.58 bits per heavy atom. The van der Waals surface area contributed by atoms with E-state index in [1.54, 1.807) is 0 Å². The standard InChI is InChI=1S/C15H26N2O2/c16-13(18)15-8-4-5-12(15)9-17(11-15)10-14(19)6-2-1-3-7-14/h12,19H,1-11H2,(H2,16,18)/t12-,15-/m0/s1. The van der Waals surface area contributed by atoms with Crippen LogP contribution in [0.2, 0.25) is 0 Å². The number of carbonyl (C=O) groups is 1. The molecule has 2 saturated carbocycles. The summed E-state index contributed by atoms with van der Waals surface area (Å²) in [6, 6.07) is 0. The Bertz CT molecular complexity index is 365. The zero-order chi connectivity index (χ0) is 13.5. The van der Waals surface area contributed by atoms with E-state index in [9.17, 15) is 9.90 Å². The van der Waals surface area contributed by atoms with Gasteiger partial charge in [-0.1, -0.05) is 25.7 Å². The maximum absolute atomic E-state index is 11.9. The number of aliphatic hydroxyl groups is 1. The quantitative estimate of drug-likeness (QED) is 0.808. The number of nitrogens with zero attached hydrogens (tertiary/aromatic N) is 1. The van der Waals surface area contributed by atoms with Gasteiger partial charge in [0.05, 0.1) is 11.0 Å². The Hall–Kier alpha value is -0.610. The lowest BCUT2D eigenvalue weighted by Gasteiger charge is -2.36. The Morgan fingerprint density at radius 1 is 1.21 bits per heavy atom. The molecule has 0 aromatic rings. The number of hydrogen-bond donors (Lipinski definition) is 2. The molecule has 3 aliphatic rings. The van der Waals surface area contributed by atoms with E-state index in [4.69, 9.17) is 5.73 Å². The average molecular weight is 266 g/mol. The van der Waals surface area contributed by atoms with E-state index in [0.29, 0.717) is 5.92 Å². The summed E-state index contributed by atoms with van der Waals surface area (Å²) < 4.78 is 0. The molecule has 0 spiro atoms. The highest BCUT2D eigenvalue weighted by Gasteiger charge is 2.54. The number of β-amino-alcohol motifs (C(OH)–C–C–N with tert-alkyl or cyclic N) is 1. The van der Waals surface area contributed by atoms with E-state index in [1.165, 1.54) is 6.42 Å². The number of primary amides is 1. The van der Waals surface area contributed by atoms with Gasteiger partial charge in [-0.05, 0) is 31.6 Å². The molecular formula is C15H26N2O2. The van der Waals surface area contributed by atoms with Crippen molar-refractivity contribution in [2.75, 3.05) is 19.6 Å². The van der Waals surface area contributed by atoms with Crippen molar-refractivity contribution in [2.45, 2.75) is 57.0 Å². The van der Waals surface area contributed by atoms with Crippen molar-refractivity contribution in [3.8, 4) is 0 Å². The number of amides is 1. The highest BCUT2D eigenvalue weighted by atomic mass is 16.3. The Morgan fingerprint density at radius 2 is 1.95 bits per heavy atom. The zero-order valence-electron chi connectivity index (χ0n) is 11.7. The van der Waals surface area contributed by atoms with Gasteiger partial charge in [-0.25, -0.2) is 0 Å². The normalized spacial score (nSPS) is 38.3. The summed E-state index contributed by atoms with van der Waals surface area (Å²) in [5.41, 5.74) is 4.87. The first-order chi connectivity index (χ1) is 9.04. The van der Waals surface area contributed by atoms with Gasteiger partial charge >= 0.3 is 0 Å². The fraction of sp³-hybridized carbons (Fsp3) is 0.933. The fourth-order valence-corrected chi connectivity index (χ4v) is 4.70. The third-order valence-electron chi connectivity index (χ3n) is 5.73. The van der Waals surface area contributed by atoms with Crippen molar-refractivity contribution in [3.63, 3.8) is 0 Å². The van der Waals surface area contributed by atoms with Crippen LogP contribution in [0.3, 0.4) is 0 Å². The lowest BCUT2D eigenvalue weighted by molar-refractivity contribution is -0.128. The van der Waals surface area contributed by atoms with Crippen molar-refractivity contribution in [1.29, 1.82) is 0 Å². The molecular weight excluding hydrogens is 240 g/mol. The zero-order valence-corrected chi connectivity index (χ0v) is 11.7. The smallest absolute Gasteiger partial charge is 0.225 e. The van der Waals surface area contributed by atoms with Crippen LogP contribution in [0.1, 0.15) is 51.4 Å². The minimum absolute atomic E-state index is 0.117. The number of likely N-dealkylation sites (tertiary alicyclic amines) is 1. The molecule has 1 amide bonds. The molecule has 4 nitrogen and oxygen atoms in total. The molecule has 1 saturated heterocycles. The van der Waals surface area contributed by atoms with Gasteiger partial charge in [0, 0.05) is 19.6 Å². The average Bonchev–Trinajstić information content (AvgIpc) is 2.86. The fourth-order valence-electron chi connectivity index (χ4n) is 4.70. The highest BCUT2D eigenvalue weighted by molar-refractivity contribution is 5.82. The summed E-state index contributed by atoms with van der Waals surface area (Å²) in [7, 11) is 0. The van der Waals surface area contributed by atoms with Crippen molar-refractivity contribution in [2.24, 2.45) is 17.1 Å². The van der Waals surface area contributed by atoms with Crippen LogP contribution >= 0.6 is 0 Å². The Balaban J connectivity index is 1.67. The Labute approximate surface area is 115 Å². The van der Waals surface area contributed by atoms with Gasteiger partial charge in [-0.2, -0.15) is 0 Å². The van der Waals surface area contributed by atoms with Crippen LogP contribution in [0.15, 0.2) is 0 Å². The second kappa shape index (κ2) is 4.74. The molecule has 2 atom stereocenters. The molecule has 0 bridgehead atoms. The van der Waals surface area contributed by atoms with Gasteiger partial charge < -0.3 is 10.8 Å². The van der Waals surface area contributed by atoms with Crippen LogP contribution in [0, 0.1) is 11.3 Å². The number of nitrogens with two attached hydrogens (primary N) is 1. The lowest BCUT2D eigenvalue weighted by Crippen LogP contribution is -2.46.